The van der Waals surface area contributed by atoms with Gasteiger partial charge in [-0.05, 0) is 37.1 Å². The molecule has 0 N–H and O–H groups in total. The van der Waals surface area contributed by atoms with Crippen molar-refractivity contribution in [3.05, 3.63) is 101 Å². The number of fused-ring (bicyclic) bond motifs is 1. The predicted octanol–water partition coefficient (Wildman–Crippen LogP) is 5.13. The summed E-state index contributed by atoms with van der Waals surface area (Å²) in [5.74, 6) is 0.542. The summed E-state index contributed by atoms with van der Waals surface area (Å²) >= 11 is 0. The minimum absolute atomic E-state index is 0.391. The van der Waals surface area contributed by atoms with Crippen molar-refractivity contribution < 1.29 is 9.47 Å². The first kappa shape index (κ1) is 20.7. The molecule has 0 aliphatic carbocycles. The zero-order valence-electron chi connectivity index (χ0n) is 18.8. The molecule has 0 fully saturated rings. The zero-order chi connectivity index (χ0) is 22.9. The number of nitrogens with zero attached hydrogens (tertiary/aromatic N) is 4. The highest BCUT2D eigenvalue weighted by molar-refractivity contribution is 5.83. The van der Waals surface area contributed by atoms with E-state index in [2.05, 4.69) is 48.4 Å². The molecule has 6 nitrogen and oxygen atoms in total. The molecular weight excluding hydrogens is 412 g/mol. The second kappa shape index (κ2) is 8.39. The molecule has 0 saturated carbocycles. The average Bonchev–Trinajstić information content (AvgIpc) is 3.17. The minimum atomic E-state index is 0.391. The smallest absolute Gasteiger partial charge is 0.241 e. The fraction of sp³-hybridized carbons (Fsp3) is 0.148. The molecule has 0 radical (unpaired) electrons. The minimum Gasteiger partial charge on any atom is -0.619 e. The molecule has 3 aromatic heterocycles. The molecule has 0 unspecified atom stereocenters. The Morgan fingerprint density at radius 3 is 2.55 bits per heavy atom. The van der Waals surface area contributed by atoms with Crippen LogP contribution in [0, 0.1) is 19.1 Å². The molecule has 5 rings (SSSR count). The van der Waals surface area contributed by atoms with Crippen molar-refractivity contribution >= 4 is 10.9 Å². The number of hydrogen-bond donors (Lipinski definition) is 0. The third kappa shape index (κ3) is 4.15. The van der Waals surface area contributed by atoms with Crippen molar-refractivity contribution in [2.75, 3.05) is 0 Å². The van der Waals surface area contributed by atoms with Gasteiger partial charge in [0.1, 0.15) is 6.61 Å². The van der Waals surface area contributed by atoms with Gasteiger partial charge in [-0.1, -0.05) is 42.5 Å². The first-order chi connectivity index (χ1) is 16.0. The number of hydrogen-bond acceptors (Lipinski definition) is 4. The number of ether oxygens (including phenoxy) is 1. The Morgan fingerprint density at radius 1 is 0.970 bits per heavy atom. The lowest BCUT2D eigenvalue weighted by molar-refractivity contribution is -0.605. The molecule has 2 aromatic carbocycles. The van der Waals surface area contributed by atoms with Gasteiger partial charge >= 0.3 is 0 Å². The van der Waals surface area contributed by atoms with E-state index in [0.717, 1.165) is 54.7 Å². The van der Waals surface area contributed by atoms with E-state index in [4.69, 9.17) is 9.72 Å². The number of aromatic nitrogens is 4. The van der Waals surface area contributed by atoms with Gasteiger partial charge in [0.15, 0.2) is 12.4 Å². The third-order valence-electron chi connectivity index (χ3n) is 5.74. The summed E-state index contributed by atoms with van der Waals surface area (Å²) in [7, 11) is 1.86. The van der Waals surface area contributed by atoms with Crippen LogP contribution in [0.3, 0.4) is 0 Å². The summed E-state index contributed by atoms with van der Waals surface area (Å²) in [5.41, 5.74) is 7.90. The van der Waals surface area contributed by atoms with Crippen LogP contribution in [0.2, 0.25) is 0 Å². The van der Waals surface area contributed by atoms with Crippen molar-refractivity contribution in [1.82, 2.24) is 14.8 Å². The largest absolute Gasteiger partial charge is 0.619 e. The van der Waals surface area contributed by atoms with E-state index in [1.165, 1.54) is 6.20 Å². The van der Waals surface area contributed by atoms with Gasteiger partial charge < -0.3 is 9.94 Å². The molecule has 0 aliphatic heterocycles. The van der Waals surface area contributed by atoms with Crippen molar-refractivity contribution in [2.45, 2.75) is 20.5 Å². The molecule has 0 amide bonds. The van der Waals surface area contributed by atoms with Crippen LogP contribution < -0.4 is 9.47 Å². The lowest BCUT2D eigenvalue weighted by Crippen LogP contribution is -2.24. The van der Waals surface area contributed by atoms with E-state index in [0.29, 0.717) is 12.5 Å². The maximum Gasteiger partial charge on any atom is 0.241 e. The summed E-state index contributed by atoms with van der Waals surface area (Å²) in [6.45, 7) is 4.39. The van der Waals surface area contributed by atoms with Crippen LogP contribution >= 0.6 is 0 Å². The Labute approximate surface area is 192 Å². The number of benzene rings is 2. The number of rotatable bonds is 5. The molecule has 3 heterocycles. The molecule has 0 saturated heterocycles. The highest BCUT2D eigenvalue weighted by Gasteiger charge is 2.15. The summed E-state index contributed by atoms with van der Waals surface area (Å²) < 4.78 is 8.60. The van der Waals surface area contributed by atoms with E-state index in [-0.39, 0.29) is 0 Å². The van der Waals surface area contributed by atoms with Gasteiger partial charge in [-0.2, -0.15) is 4.73 Å². The van der Waals surface area contributed by atoms with E-state index in [1.54, 1.807) is 16.9 Å². The van der Waals surface area contributed by atoms with Gasteiger partial charge in [-0.3, -0.25) is 4.68 Å². The Hall–Kier alpha value is -4.19. The van der Waals surface area contributed by atoms with Gasteiger partial charge in [0.25, 0.3) is 0 Å². The molecular formula is C27H24N4O2. The van der Waals surface area contributed by atoms with Crippen molar-refractivity contribution in [3.63, 3.8) is 0 Å². The van der Waals surface area contributed by atoms with Crippen molar-refractivity contribution in [2.24, 2.45) is 7.05 Å². The molecule has 5 aromatic rings. The topological polar surface area (TPSA) is 66.9 Å². The summed E-state index contributed by atoms with van der Waals surface area (Å²) in [4.78, 5) is 4.86. The summed E-state index contributed by atoms with van der Waals surface area (Å²) in [5, 5.41) is 17.2. The quantitative estimate of drug-likeness (QED) is 0.283. The van der Waals surface area contributed by atoms with E-state index < -0.39 is 0 Å². The molecule has 33 heavy (non-hydrogen) atoms. The first-order valence-corrected chi connectivity index (χ1v) is 10.8. The Balaban J connectivity index is 1.37. The summed E-state index contributed by atoms with van der Waals surface area (Å²) in [6.07, 6.45) is 4.94. The molecule has 0 aliphatic rings. The van der Waals surface area contributed by atoms with Crippen LogP contribution in [0.5, 0.6) is 5.88 Å². The fourth-order valence-corrected chi connectivity index (χ4v) is 4.07. The highest BCUT2D eigenvalue weighted by Crippen LogP contribution is 2.31. The maximum absolute atomic E-state index is 11.6. The van der Waals surface area contributed by atoms with Gasteiger partial charge in [0.2, 0.25) is 5.88 Å². The fourth-order valence-electron chi connectivity index (χ4n) is 4.07. The second-order valence-corrected chi connectivity index (χ2v) is 8.26. The molecule has 6 heteroatoms. The molecule has 0 atom stereocenters. The standard InChI is InChI=1S/C27H24N4O2/c1-18-14-22-6-4-5-7-25(22)28-26(18)21-10-8-20(9-11-21)17-33-27-24(16-30(3)29-27)23-12-13-31(32)15-19(23)2/h4-16H,17H2,1-3H3. The lowest BCUT2D eigenvalue weighted by Gasteiger charge is -2.10. The van der Waals surface area contributed by atoms with Gasteiger partial charge in [-0.15, -0.1) is 5.10 Å². The van der Waals surface area contributed by atoms with Crippen molar-refractivity contribution in [3.8, 4) is 28.3 Å². The normalized spacial score (nSPS) is 11.1. The number of para-hydroxylation sites is 1. The Kier molecular flexibility index (Phi) is 5.26. The Morgan fingerprint density at radius 2 is 1.76 bits per heavy atom. The van der Waals surface area contributed by atoms with Crippen LogP contribution in [0.15, 0.2) is 79.3 Å². The molecule has 164 valence electrons. The van der Waals surface area contributed by atoms with Crippen LogP contribution in [-0.2, 0) is 13.7 Å². The van der Waals surface area contributed by atoms with Gasteiger partial charge in [-0.25, -0.2) is 4.98 Å². The molecule has 0 spiro atoms. The van der Waals surface area contributed by atoms with Gasteiger partial charge in [0, 0.05) is 41.4 Å². The average molecular weight is 437 g/mol. The zero-order valence-corrected chi connectivity index (χ0v) is 18.8. The SMILES string of the molecule is Cc1c[n+]([O-])ccc1-c1cn(C)nc1OCc1ccc(-c2nc3ccccc3cc2C)cc1. The summed E-state index contributed by atoms with van der Waals surface area (Å²) in [6, 6.07) is 20.4. The van der Waals surface area contributed by atoms with E-state index in [1.807, 2.05) is 38.4 Å². The predicted molar refractivity (Wildman–Crippen MR) is 129 cm³/mol. The third-order valence-corrected chi connectivity index (χ3v) is 5.74. The maximum atomic E-state index is 11.6. The van der Waals surface area contributed by atoms with Crippen LogP contribution in [0.1, 0.15) is 16.7 Å². The highest BCUT2D eigenvalue weighted by atomic mass is 16.5. The Bertz CT molecular complexity index is 1460. The van der Waals surface area contributed by atoms with Crippen molar-refractivity contribution in [1.29, 1.82) is 0 Å². The van der Waals surface area contributed by atoms with Crippen LogP contribution in [0.4, 0.5) is 0 Å². The monoisotopic (exact) mass is 436 g/mol. The van der Waals surface area contributed by atoms with Crippen LogP contribution in [-0.4, -0.2) is 14.8 Å². The molecule has 0 bridgehead atoms. The lowest BCUT2D eigenvalue weighted by atomic mass is 10.0. The second-order valence-electron chi connectivity index (χ2n) is 8.26. The van der Waals surface area contributed by atoms with E-state index in [9.17, 15) is 5.21 Å². The first-order valence-electron chi connectivity index (χ1n) is 10.8. The van der Waals surface area contributed by atoms with Gasteiger partial charge in [0.05, 0.1) is 16.8 Å². The van der Waals surface area contributed by atoms with Crippen LogP contribution in [0.25, 0.3) is 33.3 Å². The van der Waals surface area contributed by atoms with E-state index >= 15 is 0 Å². The number of pyridine rings is 2. The number of aryl methyl sites for hydroxylation is 3.